The fourth-order valence-electron chi connectivity index (χ4n) is 1.60. The number of halogens is 1. The van der Waals surface area contributed by atoms with Gasteiger partial charge in [0, 0.05) is 4.90 Å². The van der Waals surface area contributed by atoms with Gasteiger partial charge in [-0.15, -0.1) is 11.8 Å². The Morgan fingerprint density at radius 3 is 2.89 bits per heavy atom. The summed E-state index contributed by atoms with van der Waals surface area (Å²) >= 11 is 1.40. The summed E-state index contributed by atoms with van der Waals surface area (Å²) in [5.74, 6) is -1.22. The molecule has 0 amide bonds. The monoisotopic (exact) mass is 286 g/mol. The maximum atomic E-state index is 13.9. The molecule has 1 aromatic rings. The normalized spacial score (nSPS) is 16.8. The SMILES string of the molecule is CCOC(=O)C(O)c1ccc(SC2COC2)c(F)c1. The fraction of sp³-hybridized carbons (Fsp3) is 0.462. The number of esters is 1. The van der Waals surface area contributed by atoms with Crippen LogP contribution < -0.4 is 0 Å². The molecule has 1 N–H and O–H groups in total. The van der Waals surface area contributed by atoms with Gasteiger partial charge < -0.3 is 14.6 Å². The van der Waals surface area contributed by atoms with Crippen LogP contribution in [0.25, 0.3) is 0 Å². The molecule has 1 unspecified atom stereocenters. The molecule has 0 spiro atoms. The Hall–Kier alpha value is -1.11. The third-order valence-corrected chi connectivity index (χ3v) is 3.87. The molecular weight excluding hydrogens is 271 g/mol. The van der Waals surface area contributed by atoms with Crippen molar-refractivity contribution in [3.8, 4) is 0 Å². The molecule has 0 radical (unpaired) electrons. The first-order valence-corrected chi connectivity index (χ1v) is 6.88. The Bertz CT molecular complexity index is 462. The Labute approximate surface area is 114 Å². The predicted octanol–water partition coefficient (Wildman–Crippen LogP) is 1.91. The number of hydrogen-bond acceptors (Lipinski definition) is 5. The second-order valence-corrected chi connectivity index (χ2v) is 5.46. The molecule has 0 aliphatic carbocycles. The molecule has 19 heavy (non-hydrogen) atoms. The van der Waals surface area contributed by atoms with Gasteiger partial charge in [-0.2, -0.15) is 0 Å². The standard InChI is InChI=1S/C13H15FO4S/c1-2-18-13(16)12(15)8-3-4-11(10(14)5-8)19-9-6-17-7-9/h3-5,9,12,15H,2,6-7H2,1H3. The highest BCUT2D eigenvalue weighted by Gasteiger charge is 2.23. The first-order chi connectivity index (χ1) is 9.11. The van der Waals surface area contributed by atoms with Crippen LogP contribution in [0.3, 0.4) is 0 Å². The molecule has 1 aliphatic heterocycles. The van der Waals surface area contributed by atoms with Crippen molar-refractivity contribution in [1.82, 2.24) is 0 Å². The minimum Gasteiger partial charge on any atom is -0.464 e. The highest BCUT2D eigenvalue weighted by atomic mass is 32.2. The van der Waals surface area contributed by atoms with E-state index < -0.39 is 17.9 Å². The molecule has 1 atom stereocenters. The molecule has 104 valence electrons. The van der Waals surface area contributed by atoms with Gasteiger partial charge in [-0.3, -0.25) is 0 Å². The van der Waals surface area contributed by atoms with E-state index in [0.717, 1.165) is 0 Å². The van der Waals surface area contributed by atoms with Crippen molar-refractivity contribution in [1.29, 1.82) is 0 Å². The number of rotatable bonds is 5. The first-order valence-electron chi connectivity index (χ1n) is 6.00. The minimum absolute atomic E-state index is 0.175. The van der Waals surface area contributed by atoms with Crippen molar-refractivity contribution < 1.29 is 23.8 Å². The Morgan fingerprint density at radius 2 is 2.37 bits per heavy atom. The average Bonchev–Trinajstić information content (AvgIpc) is 2.34. The van der Waals surface area contributed by atoms with Crippen molar-refractivity contribution in [2.75, 3.05) is 19.8 Å². The maximum Gasteiger partial charge on any atom is 0.339 e. The highest BCUT2D eigenvalue weighted by molar-refractivity contribution is 8.00. The van der Waals surface area contributed by atoms with Crippen molar-refractivity contribution in [3.63, 3.8) is 0 Å². The quantitative estimate of drug-likeness (QED) is 0.838. The largest absolute Gasteiger partial charge is 0.464 e. The third kappa shape index (κ3) is 3.46. The summed E-state index contributed by atoms with van der Waals surface area (Å²) in [6.45, 7) is 3.06. The molecule has 6 heteroatoms. The van der Waals surface area contributed by atoms with Crippen molar-refractivity contribution in [3.05, 3.63) is 29.6 Å². The lowest BCUT2D eigenvalue weighted by atomic mass is 10.1. The van der Waals surface area contributed by atoms with Crippen molar-refractivity contribution >= 4 is 17.7 Å². The molecule has 1 aliphatic rings. The van der Waals surface area contributed by atoms with E-state index in [4.69, 9.17) is 4.74 Å². The molecule has 1 saturated heterocycles. The van der Waals surface area contributed by atoms with E-state index in [1.165, 1.54) is 23.9 Å². The van der Waals surface area contributed by atoms with Gasteiger partial charge in [0.25, 0.3) is 0 Å². The van der Waals surface area contributed by atoms with Gasteiger partial charge >= 0.3 is 5.97 Å². The zero-order valence-corrected chi connectivity index (χ0v) is 11.3. The van der Waals surface area contributed by atoms with Gasteiger partial charge in [0.05, 0.1) is 25.1 Å². The molecule has 0 aromatic heterocycles. The molecule has 1 heterocycles. The van der Waals surface area contributed by atoms with E-state index in [2.05, 4.69) is 4.74 Å². The summed E-state index contributed by atoms with van der Waals surface area (Å²) in [6.07, 6.45) is -1.44. The lowest BCUT2D eigenvalue weighted by Crippen LogP contribution is -2.30. The highest BCUT2D eigenvalue weighted by Crippen LogP contribution is 2.31. The predicted molar refractivity (Wildman–Crippen MR) is 68.5 cm³/mol. The van der Waals surface area contributed by atoms with Crippen LogP contribution in [-0.4, -0.2) is 36.1 Å². The van der Waals surface area contributed by atoms with E-state index in [-0.39, 0.29) is 17.4 Å². The maximum absolute atomic E-state index is 13.9. The summed E-state index contributed by atoms with van der Waals surface area (Å²) in [6, 6.07) is 4.27. The topological polar surface area (TPSA) is 55.8 Å². The van der Waals surface area contributed by atoms with Gasteiger partial charge in [-0.1, -0.05) is 6.07 Å². The van der Waals surface area contributed by atoms with Gasteiger partial charge in [-0.25, -0.2) is 9.18 Å². The second-order valence-electron chi connectivity index (χ2n) is 4.12. The van der Waals surface area contributed by atoms with Crippen LogP contribution in [0.2, 0.25) is 0 Å². The summed E-state index contributed by atoms with van der Waals surface area (Å²) in [7, 11) is 0. The van der Waals surface area contributed by atoms with Crippen molar-refractivity contribution in [2.45, 2.75) is 23.2 Å². The average molecular weight is 286 g/mol. The van der Waals surface area contributed by atoms with E-state index in [1.807, 2.05) is 0 Å². The van der Waals surface area contributed by atoms with Crippen LogP contribution >= 0.6 is 11.8 Å². The number of thioether (sulfide) groups is 1. The summed E-state index contributed by atoms with van der Waals surface area (Å²) < 4.78 is 23.6. The Kier molecular flexibility index (Phi) is 4.79. The molecular formula is C13H15FO4S. The van der Waals surface area contributed by atoms with Crippen LogP contribution in [0.4, 0.5) is 4.39 Å². The number of hydrogen-bond donors (Lipinski definition) is 1. The number of ether oxygens (including phenoxy) is 2. The number of aliphatic hydroxyl groups excluding tert-OH is 1. The lowest BCUT2D eigenvalue weighted by molar-refractivity contribution is -0.153. The zero-order valence-electron chi connectivity index (χ0n) is 10.5. The second kappa shape index (κ2) is 6.36. The van der Waals surface area contributed by atoms with E-state index in [1.54, 1.807) is 13.0 Å². The third-order valence-electron chi connectivity index (χ3n) is 2.68. The molecule has 0 saturated carbocycles. The summed E-state index contributed by atoms with van der Waals surface area (Å²) in [5.41, 5.74) is 0.199. The van der Waals surface area contributed by atoms with Gasteiger partial charge in [-0.05, 0) is 24.6 Å². The minimum atomic E-state index is -1.44. The molecule has 1 aromatic carbocycles. The van der Waals surface area contributed by atoms with Gasteiger partial charge in [0.15, 0.2) is 6.10 Å². The molecule has 1 fully saturated rings. The number of carbonyl (C=O) groups is 1. The summed E-state index contributed by atoms with van der Waals surface area (Å²) in [4.78, 5) is 11.9. The molecule has 4 nitrogen and oxygen atoms in total. The van der Waals surface area contributed by atoms with Crippen LogP contribution in [0, 0.1) is 5.82 Å². The molecule has 0 bridgehead atoms. The molecule has 2 rings (SSSR count). The smallest absolute Gasteiger partial charge is 0.339 e. The number of benzene rings is 1. The summed E-state index contributed by atoms with van der Waals surface area (Å²) in [5, 5.41) is 9.98. The van der Waals surface area contributed by atoms with E-state index >= 15 is 0 Å². The van der Waals surface area contributed by atoms with Crippen LogP contribution in [0.1, 0.15) is 18.6 Å². The first kappa shape index (κ1) is 14.3. The Balaban J connectivity index is 2.06. The lowest BCUT2D eigenvalue weighted by Gasteiger charge is -2.25. The number of aliphatic hydroxyl groups is 1. The zero-order chi connectivity index (χ0) is 13.8. The van der Waals surface area contributed by atoms with Crippen LogP contribution in [0.5, 0.6) is 0 Å². The van der Waals surface area contributed by atoms with Gasteiger partial charge in [0.2, 0.25) is 0 Å². The van der Waals surface area contributed by atoms with E-state index in [9.17, 15) is 14.3 Å². The van der Waals surface area contributed by atoms with Crippen LogP contribution in [-0.2, 0) is 14.3 Å². The number of carbonyl (C=O) groups excluding carboxylic acids is 1. The van der Waals surface area contributed by atoms with Crippen molar-refractivity contribution in [2.24, 2.45) is 0 Å². The fourth-order valence-corrected chi connectivity index (χ4v) is 2.61. The van der Waals surface area contributed by atoms with Gasteiger partial charge in [0.1, 0.15) is 5.82 Å². The van der Waals surface area contributed by atoms with Crippen LogP contribution in [0.15, 0.2) is 23.1 Å². The Morgan fingerprint density at radius 1 is 1.63 bits per heavy atom. The van der Waals surface area contributed by atoms with E-state index in [0.29, 0.717) is 18.1 Å².